The van der Waals surface area contributed by atoms with Crippen molar-refractivity contribution in [2.75, 3.05) is 20.3 Å². The third-order valence-corrected chi connectivity index (χ3v) is 6.10. The van der Waals surface area contributed by atoms with Gasteiger partial charge in [-0.3, -0.25) is 0 Å². The molecule has 4 heterocycles. The van der Waals surface area contributed by atoms with Crippen LogP contribution in [0.15, 0.2) is 34.6 Å². The third-order valence-electron chi connectivity index (χ3n) is 6.10. The summed E-state index contributed by atoms with van der Waals surface area (Å²) in [5.41, 5.74) is -0.631. The summed E-state index contributed by atoms with van der Waals surface area (Å²) in [5, 5.41) is 10.8. The number of carbonyl (C=O) groups excluding carboxylic acids is 2. The molecule has 5 atom stereocenters. The van der Waals surface area contributed by atoms with Gasteiger partial charge in [-0.15, -0.1) is 0 Å². The van der Waals surface area contributed by atoms with Gasteiger partial charge in [0.25, 0.3) is 0 Å². The van der Waals surface area contributed by atoms with Crippen molar-refractivity contribution in [1.29, 1.82) is 0 Å². The lowest BCUT2D eigenvalue weighted by Crippen LogP contribution is -2.59. The van der Waals surface area contributed by atoms with Gasteiger partial charge in [-0.25, -0.2) is 9.59 Å². The maximum Gasteiger partial charge on any atom is 0.342 e. The minimum absolute atomic E-state index is 0.0222. The van der Waals surface area contributed by atoms with E-state index in [0.29, 0.717) is 28.9 Å². The first-order valence-corrected chi connectivity index (χ1v) is 9.73. The van der Waals surface area contributed by atoms with Crippen molar-refractivity contribution in [3.63, 3.8) is 0 Å². The van der Waals surface area contributed by atoms with E-state index in [1.165, 1.54) is 7.11 Å². The molecule has 1 spiro atoms. The fraction of sp³-hybridized carbons (Fsp3) is 0.619. The van der Waals surface area contributed by atoms with Crippen LogP contribution in [0.1, 0.15) is 33.6 Å². The summed E-state index contributed by atoms with van der Waals surface area (Å²) in [6.45, 7) is 5.47. The van der Waals surface area contributed by atoms with Crippen molar-refractivity contribution >= 4 is 11.9 Å². The lowest BCUT2D eigenvalue weighted by molar-refractivity contribution is -0.207. The van der Waals surface area contributed by atoms with Gasteiger partial charge >= 0.3 is 11.9 Å². The molecule has 2 fully saturated rings. The summed E-state index contributed by atoms with van der Waals surface area (Å²) in [4.78, 5) is 25.1. The molecule has 1 N–H and O–H groups in total. The van der Waals surface area contributed by atoms with E-state index in [0.717, 1.165) is 0 Å². The van der Waals surface area contributed by atoms with Crippen molar-refractivity contribution in [2.24, 2.45) is 0 Å². The molecular weight excluding hydrogens is 380 g/mol. The Labute approximate surface area is 169 Å². The minimum atomic E-state index is -1.05. The van der Waals surface area contributed by atoms with Crippen LogP contribution in [-0.4, -0.2) is 66.9 Å². The number of hydrogen-bond donors (Lipinski definition) is 1. The molecule has 0 amide bonds. The summed E-state index contributed by atoms with van der Waals surface area (Å²) >= 11 is 0. The minimum Gasteiger partial charge on any atom is -0.454 e. The smallest absolute Gasteiger partial charge is 0.342 e. The van der Waals surface area contributed by atoms with Crippen LogP contribution in [0.4, 0.5) is 0 Å². The Bertz CT molecular complexity index is 840. The zero-order chi connectivity index (χ0) is 21.0. The SMILES string of the molecule is C/C=C(\C)C(=O)O[C@H]1C[C@@]23CO[C@@H](C[C@](C)(/C=C4/OC(=O)C(COC)=C41)O2)[C@@H]3O. The van der Waals surface area contributed by atoms with E-state index in [4.69, 9.17) is 23.7 Å². The zero-order valence-electron chi connectivity index (χ0n) is 17.0. The summed E-state index contributed by atoms with van der Waals surface area (Å²) in [7, 11) is 1.48. The first-order valence-electron chi connectivity index (χ1n) is 9.73. The van der Waals surface area contributed by atoms with E-state index >= 15 is 0 Å². The maximum atomic E-state index is 12.6. The van der Waals surface area contributed by atoms with Crippen LogP contribution in [0, 0.1) is 0 Å². The molecule has 3 bridgehead atoms. The molecule has 0 unspecified atom stereocenters. The van der Waals surface area contributed by atoms with Crippen LogP contribution < -0.4 is 0 Å². The molecule has 8 nitrogen and oxygen atoms in total. The topological polar surface area (TPSA) is 101 Å². The Morgan fingerprint density at radius 2 is 2.17 bits per heavy atom. The lowest BCUT2D eigenvalue weighted by Gasteiger charge is -2.47. The van der Waals surface area contributed by atoms with E-state index in [1.807, 2.05) is 6.92 Å². The van der Waals surface area contributed by atoms with Crippen LogP contribution in [-0.2, 0) is 33.3 Å². The first-order chi connectivity index (χ1) is 13.7. The molecule has 4 rings (SSSR count). The van der Waals surface area contributed by atoms with Crippen molar-refractivity contribution in [3.8, 4) is 0 Å². The number of hydrogen-bond acceptors (Lipinski definition) is 8. The number of allylic oxidation sites excluding steroid dienone is 1. The van der Waals surface area contributed by atoms with E-state index in [1.54, 1.807) is 26.0 Å². The van der Waals surface area contributed by atoms with Gasteiger partial charge in [0.15, 0.2) is 0 Å². The lowest BCUT2D eigenvalue weighted by atomic mass is 9.77. The van der Waals surface area contributed by atoms with Gasteiger partial charge in [0.2, 0.25) is 0 Å². The van der Waals surface area contributed by atoms with Gasteiger partial charge in [-0.1, -0.05) is 6.08 Å². The highest BCUT2D eigenvalue weighted by atomic mass is 16.6. The third kappa shape index (κ3) is 3.24. The fourth-order valence-corrected chi connectivity index (χ4v) is 4.59. The summed E-state index contributed by atoms with van der Waals surface area (Å²) in [5.74, 6) is -0.733. The summed E-state index contributed by atoms with van der Waals surface area (Å²) < 4.78 is 28.7. The van der Waals surface area contributed by atoms with Gasteiger partial charge in [-0.05, 0) is 26.8 Å². The van der Waals surface area contributed by atoms with Crippen LogP contribution in [0.3, 0.4) is 0 Å². The molecule has 0 radical (unpaired) electrons. The highest BCUT2D eigenvalue weighted by molar-refractivity contribution is 5.95. The Morgan fingerprint density at radius 3 is 2.86 bits per heavy atom. The monoisotopic (exact) mass is 406 g/mol. The quantitative estimate of drug-likeness (QED) is 0.551. The Morgan fingerprint density at radius 1 is 1.41 bits per heavy atom. The van der Waals surface area contributed by atoms with E-state index in [9.17, 15) is 14.7 Å². The molecule has 0 aliphatic carbocycles. The van der Waals surface area contributed by atoms with Crippen LogP contribution >= 0.6 is 0 Å². The number of aliphatic hydroxyl groups is 1. The fourth-order valence-electron chi connectivity index (χ4n) is 4.59. The number of carbonyl (C=O) groups is 2. The molecule has 2 saturated heterocycles. The normalized spacial score (nSPS) is 40.6. The molecule has 0 saturated carbocycles. The molecule has 158 valence electrons. The number of esters is 2. The molecule has 0 aromatic heterocycles. The molecule has 8 heteroatoms. The Balaban J connectivity index is 1.85. The van der Waals surface area contributed by atoms with Gasteiger partial charge in [0.1, 0.15) is 23.6 Å². The molecule has 0 aromatic carbocycles. The highest BCUT2D eigenvalue weighted by Gasteiger charge is 2.61. The number of ether oxygens (including phenoxy) is 5. The molecule has 29 heavy (non-hydrogen) atoms. The predicted molar refractivity (Wildman–Crippen MR) is 99.6 cm³/mol. The average Bonchev–Trinajstić information content (AvgIpc) is 3.03. The van der Waals surface area contributed by atoms with E-state index < -0.39 is 41.5 Å². The number of aliphatic hydroxyl groups excluding tert-OH is 1. The molecule has 4 aliphatic heterocycles. The van der Waals surface area contributed by atoms with Crippen LogP contribution in [0.2, 0.25) is 0 Å². The summed E-state index contributed by atoms with van der Waals surface area (Å²) in [6, 6.07) is 0. The predicted octanol–water partition coefficient (Wildman–Crippen LogP) is 1.33. The van der Waals surface area contributed by atoms with Crippen LogP contribution in [0.25, 0.3) is 0 Å². The largest absolute Gasteiger partial charge is 0.454 e. The van der Waals surface area contributed by atoms with Crippen molar-refractivity contribution in [2.45, 2.75) is 63.1 Å². The van der Waals surface area contributed by atoms with E-state index in [-0.39, 0.29) is 19.6 Å². The van der Waals surface area contributed by atoms with Crippen molar-refractivity contribution in [1.82, 2.24) is 0 Å². The maximum absolute atomic E-state index is 12.6. The Hall–Kier alpha value is -2.00. The first kappa shape index (κ1) is 20.3. The van der Waals surface area contributed by atoms with Gasteiger partial charge in [0, 0.05) is 31.1 Å². The molecule has 4 aliphatic rings. The standard InChI is InChI=1S/C21H26O8/c1-5-11(2)18(23)27-14-8-21-10-26-15(17(21)22)7-20(3,29-21)6-13-16(14)12(9-25-4)19(24)28-13/h5-6,14-15,17,22H,7-10H2,1-4H3/b11-5+,13-6+/t14-,15-,17-,20-,21-/m0/s1. The highest BCUT2D eigenvalue weighted by Crippen LogP contribution is 2.50. The second-order valence-corrected chi connectivity index (χ2v) is 8.27. The van der Waals surface area contributed by atoms with Crippen molar-refractivity contribution < 1.29 is 38.4 Å². The summed E-state index contributed by atoms with van der Waals surface area (Å²) in [6.07, 6.45) is 1.82. The second kappa shape index (κ2) is 7.05. The molecular formula is C21H26O8. The zero-order valence-corrected chi connectivity index (χ0v) is 17.0. The second-order valence-electron chi connectivity index (χ2n) is 8.27. The van der Waals surface area contributed by atoms with Crippen molar-refractivity contribution in [3.05, 3.63) is 34.6 Å². The van der Waals surface area contributed by atoms with Gasteiger partial charge in [-0.2, -0.15) is 0 Å². The van der Waals surface area contributed by atoms with Gasteiger partial charge in [0.05, 0.1) is 30.5 Å². The number of methoxy groups -OCH3 is 1. The van der Waals surface area contributed by atoms with E-state index in [2.05, 4.69) is 0 Å². The number of fused-ring (bicyclic) bond motifs is 3. The Kier molecular flexibility index (Phi) is 4.93. The average molecular weight is 406 g/mol. The van der Waals surface area contributed by atoms with Gasteiger partial charge < -0.3 is 28.8 Å². The van der Waals surface area contributed by atoms with Crippen LogP contribution in [0.5, 0.6) is 0 Å². The molecule has 0 aromatic rings. The number of rotatable bonds is 4.